The molecule has 0 aliphatic carbocycles. The Morgan fingerprint density at radius 1 is 1.38 bits per heavy atom. The molecule has 0 bridgehead atoms. The lowest BCUT2D eigenvalue weighted by molar-refractivity contribution is 0.0563. The summed E-state index contributed by atoms with van der Waals surface area (Å²) >= 11 is 0. The molecule has 8 heteroatoms. The Morgan fingerprint density at radius 2 is 2.19 bits per heavy atom. The molecule has 0 radical (unpaired) electrons. The number of carbonyl (C=O) groups excluding carboxylic acids is 1. The van der Waals surface area contributed by atoms with Crippen LogP contribution in [0.15, 0.2) is 27.2 Å². The third-order valence-corrected chi connectivity index (χ3v) is 5.62. The van der Waals surface area contributed by atoms with E-state index < -0.39 is 0 Å². The number of rotatable bonds is 4. The van der Waals surface area contributed by atoms with Crippen molar-refractivity contribution in [3.8, 4) is 0 Å². The minimum atomic E-state index is -0.0196. The molecule has 140 valence electrons. The molecule has 4 rings (SSSR count). The standard InChI is InChI=1S/C18H24N4O4/c1-21-12-18(10-13(21)16-20-19-15(26-16)11-24-2)5-7-22(8-6-18)17(23)14-4-3-9-25-14/h3-4,9,13H,5-8,10-12H2,1-2H3. The molecule has 26 heavy (non-hydrogen) atoms. The maximum absolute atomic E-state index is 12.5. The number of carbonyl (C=O) groups is 1. The molecule has 0 aromatic carbocycles. The number of furan rings is 1. The van der Waals surface area contributed by atoms with Gasteiger partial charge in [0.05, 0.1) is 12.3 Å². The summed E-state index contributed by atoms with van der Waals surface area (Å²) in [5, 5.41) is 8.26. The Morgan fingerprint density at radius 3 is 2.88 bits per heavy atom. The summed E-state index contributed by atoms with van der Waals surface area (Å²) in [6, 6.07) is 3.59. The monoisotopic (exact) mass is 360 g/mol. The lowest BCUT2D eigenvalue weighted by Crippen LogP contribution is -2.44. The predicted octanol–water partition coefficient (Wildman–Crippen LogP) is 2.11. The highest BCUT2D eigenvalue weighted by Gasteiger charge is 2.47. The van der Waals surface area contributed by atoms with Crippen molar-refractivity contribution in [1.82, 2.24) is 20.0 Å². The Bertz CT molecular complexity index is 749. The number of nitrogens with zero attached hydrogens (tertiary/aromatic N) is 4. The van der Waals surface area contributed by atoms with Crippen LogP contribution in [0.3, 0.4) is 0 Å². The van der Waals surface area contributed by atoms with E-state index in [4.69, 9.17) is 13.6 Å². The number of hydrogen-bond acceptors (Lipinski definition) is 7. The second-order valence-electron chi connectivity index (χ2n) is 7.37. The second-order valence-corrected chi connectivity index (χ2v) is 7.37. The fourth-order valence-corrected chi connectivity index (χ4v) is 4.23. The molecular formula is C18H24N4O4. The summed E-state index contributed by atoms with van der Waals surface area (Å²) < 4.78 is 16.0. The molecule has 2 aromatic rings. The van der Waals surface area contributed by atoms with Gasteiger partial charge in [-0.3, -0.25) is 9.69 Å². The van der Waals surface area contributed by atoms with Crippen molar-refractivity contribution in [2.24, 2.45) is 5.41 Å². The average Bonchev–Trinajstić information content (AvgIpc) is 3.36. The molecule has 0 saturated carbocycles. The molecule has 2 saturated heterocycles. The van der Waals surface area contributed by atoms with Crippen molar-refractivity contribution in [2.45, 2.75) is 31.9 Å². The van der Waals surface area contributed by atoms with E-state index in [1.165, 1.54) is 6.26 Å². The van der Waals surface area contributed by atoms with Crippen molar-refractivity contribution in [3.63, 3.8) is 0 Å². The highest BCUT2D eigenvalue weighted by atomic mass is 16.5. The molecular weight excluding hydrogens is 336 g/mol. The second kappa shape index (κ2) is 6.85. The minimum Gasteiger partial charge on any atom is -0.459 e. The van der Waals surface area contributed by atoms with E-state index >= 15 is 0 Å². The molecule has 2 aliphatic rings. The fraction of sp³-hybridized carbons (Fsp3) is 0.611. The summed E-state index contributed by atoms with van der Waals surface area (Å²) in [4.78, 5) is 16.6. The Kier molecular flexibility index (Phi) is 4.54. The number of hydrogen-bond donors (Lipinski definition) is 0. The first kappa shape index (κ1) is 17.2. The van der Waals surface area contributed by atoms with Crippen LogP contribution in [-0.4, -0.2) is 59.7 Å². The Balaban J connectivity index is 1.40. The van der Waals surface area contributed by atoms with Crippen LogP contribution in [0, 0.1) is 5.41 Å². The molecule has 1 spiro atoms. The predicted molar refractivity (Wildman–Crippen MR) is 91.3 cm³/mol. The molecule has 2 fully saturated rings. The van der Waals surface area contributed by atoms with E-state index in [1.807, 2.05) is 4.90 Å². The van der Waals surface area contributed by atoms with Crippen LogP contribution in [-0.2, 0) is 11.3 Å². The van der Waals surface area contributed by atoms with E-state index in [0.29, 0.717) is 24.1 Å². The SMILES string of the molecule is COCc1nnc(C2CC3(CCN(C(=O)c4ccco4)CC3)CN2C)o1. The van der Waals surface area contributed by atoms with Gasteiger partial charge in [-0.15, -0.1) is 10.2 Å². The van der Waals surface area contributed by atoms with E-state index in [2.05, 4.69) is 22.1 Å². The number of likely N-dealkylation sites (tertiary alicyclic amines) is 2. The van der Waals surface area contributed by atoms with Crippen LogP contribution >= 0.6 is 0 Å². The average molecular weight is 360 g/mol. The molecule has 2 aliphatic heterocycles. The molecule has 1 amide bonds. The summed E-state index contributed by atoms with van der Waals surface area (Å²) in [6.45, 7) is 2.80. The first-order valence-corrected chi connectivity index (χ1v) is 8.94. The quantitative estimate of drug-likeness (QED) is 0.825. The molecule has 4 heterocycles. The van der Waals surface area contributed by atoms with Crippen molar-refractivity contribution in [1.29, 1.82) is 0 Å². The zero-order chi connectivity index (χ0) is 18.1. The van der Waals surface area contributed by atoms with Crippen LogP contribution in [0.2, 0.25) is 0 Å². The maximum Gasteiger partial charge on any atom is 0.289 e. The highest BCUT2D eigenvalue weighted by Crippen LogP contribution is 2.48. The van der Waals surface area contributed by atoms with Gasteiger partial charge in [0.1, 0.15) is 6.61 Å². The van der Waals surface area contributed by atoms with Crippen molar-refractivity contribution < 1.29 is 18.4 Å². The van der Waals surface area contributed by atoms with Crippen molar-refractivity contribution >= 4 is 5.91 Å². The lowest BCUT2D eigenvalue weighted by Gasteiger charge is -2.38. The van der Waals surface area contributed by atoms with Crippen molar-refractivity contribution in [3.05, 3.63) is 35.9 Å². The molecule has 1 atom stereocenters. The van der Waals surface area contributed by atoms with Gasteiger partial charge in [0, 0.05) is 26.7 Å². The van der Waals surface area contributed by atoms with Gasteiger partial charge in [-0.1, -0.05) is 0 Å². The van der Waals surface area contributed by atoms with Crippen LogP contribution in [0.5, 0.6) is 0 Å². The third kappa shape index (κ3) is 3.14. The maximum atomic E-state index is 12.5. The van der Waals surface area contributed by atoms with Gasteiger partial charge in [-0.05, 0) is 43.9 Å². The summed E-state index contributed by atoms with van der Waals surface area (Å²) in [5.74, 6) is 1.56. The molecule has 0 N–H and O–H groups in total. The van der Waals surface area contributed by atoms with Crippen LogP contribution in [0.4, 0.5) is 0 Å². The lowest BCUT2D eigenvalue weighted by atomic mass is 9.76. The summed E-state index contributed by atoms with van der Waals surface area (Å²) in [6.07, 6.45) is 4.46. The van der Waals surface area contributed by atoms with Gasteiger partial charge in [-0.25, -0.2) is 0 Å². The van der Waals surface area contributed by atoms with Gasteiger partial charge < -0.3 is 18.5 Å². The molecule has 2 aromatic heterocycles. The zero-order valence-electron chi connectivity index (χ0n) is 15.2. The van der Waals surface area contributed by atoms with Gasteiger partial charge in [0.25, 0.3) is 5.91 Å². The minimum absolute atomic E-state index is 0.0196. The zero-order valence-corrected chi connectivity index (χ0v) is 15.2. The summed E-state index contributed by atoms with van der Waals surface area (Å²) in [7, 11) is 3.71. The van der Waals surface area contributed by atoms with E-state index in [9.17, 15) is 4.79 Å². The summed E-state index contributed by atoms with van der Waals surface area (Å²) in [5.41, 5.74) is 0.190. The molecule has 1 unspecified atom stereocenters. The Labute approximate surface area is 152 Å². The first-order valence-electron chi connectivity index (χ1n) is 8.94. The van der Waals surface area contributed by atoms with Crippen molar-refractivity contribution in [2.75, 3.05) is 33.8 Å². The number of piperidine rings is 1. The number of methoxy groups -OCH3 is 1. The van der Waals surface area contributed by atoms with E-state index in [-0.39, 0.29) is 17.4 Å². The largest absolute Gasteiger partial charge is 0.459 e. The fourth-order valence-electron chi connectivity index (χ4n) is 4.23. The van der Waals surface area contributed by atoms with Gasteiger partial charge in [-0.2, -0.15) is 0 Å². The van der Waals surface area contributed by atoms with Crippen LogP contribution in [0.25, 0.3) is 0 Å². The highest BCUT2D eigenvalue weighted by molar-refractivity contribution is 5.91. The van der Waals surface area contributed by atoms with Crippen LogP contribution < -0.4 is 0 Å². The van der Waals surface area contributed by atoms with Gasteiger partial charge in [0.2, 0.25) is 11.8 Å². The van der Waals surface area contributed by atoms with E-state index in [0.717, 1.165) is 38.9 Å². The topological polar surface area (TPSA) is 84.8 Å². The number of amides is 1. The number of aromatic nitrogens is 2. The van der Waals surface area contributed by atoms with Gasteiger partial charge in [0.15, 0.2) is 5.76 Å². The Hall–Kier alpha value is -2.19. The smallest absolute Gasteiger partial charge is 0.289 e. The molecule has 8 nitrogen and oxygen atoms in total. The van der Waals surface area contributed by atoms with Gasteiger partial charge >= 0.3 is 0 Å². The first-order chi connectivity index (χ1) is 12.6. The number of ether oxygens (including phenoxy) is 1. The van der Waals surface area contributed by atoms with Crippen LogP contribution in [0.1, 0.15) is 47.6 Å². The van der Waals surface area contributed by atoms with E-state index in [1.54, 1.807) is 19.2 Å². The third-order valence-electron chi connectivity index (χ3n) is 5.62. The normalized spacial score (nSPS) is 23.0.